The first-order valence-electron chi connectivity index (χ1n) is 7.84. The average molecular weight is 418 g/mol. The van der Waals surface area contributed by atoms with E-state index in [2.05, 4.69) is 38.7 Å². The number of hydrogen-bond donors (Lipinski definition) is 3. The van der Waals surface area contributed by atoms with Crippen molar-refractivity contribution >= 4 is 33.4 Å². The minimum absolute atomic E-state index is 0.00661. The number of anilines is 1. The van der Waals surface area contributed by atoms with Crippen LogP contribution in [0.5, 0.6) is 5.75 Å². The van der Waals surface area contributed by atoms with Crippen molar-refractivity contribution in [1.82, 2.24) is 10.9 Å². The van der Waals surface area contributed by atoms with Gasteiger partial charge in [0.05, 0.1) is 24.8 Å². The highest BCUT2D eigenvalue weighted by molar-refractivity contribution is 9.10. The quantitative estimate of drug-likeness (QED) is 0.601. The van der Waals surface area contributed by atoms with E-state index < -0.39 is 0 Å². The summed E-state index contributed by atoms with van der Waals surface area (Å²) in [6.07, 6.45) is -0.00661. The molecule has 3 N–H and O–H groups in total. The predicted octanol–water partition coefficient (Wildman–Crippen LogP) is 3.54. The van der Waals surface area contributed by atoms with E-state index >= 15 is 0 Å². The van der Waals surface area contributed by atoms with Gasteiger partial charge in [-0.3, -0.25) is 15.0 Å². The molecule has 0 unspecified atom stereocenters. The highest BCUT2D eigenvalue weighted by Gasteiger charge is 2.11. The molecule has 0 bridgehead atoms. The average Bonchev–Trinajstić information content (AvgIpc) is 2.60. The monoisotopic (exact) mass is 417 g/mol. The van der Waals surface area contributed by atoms with Gasteiger partial charge in [0.2, 0.25) is 5.91 Å². The van der Waals surface area contributed by atoms with Crippen molar-refractivity contribution in [3.63, 3.8) is 0 Å². The Bertz CT molecular complexity index is 837. The van der Waals surface area contributed by atoms with Gasteiger partial charge >= 0.3 is 0 Å². The Morgan fingerprint density at radius 2 is 1.88 bits per heavy atom. The smallest absolute Gasteiger partial charge is 0.270 e. The van der Waals surface area contributed by atoms with Crippen molar-refractivity contribution < 1.29 is 14.3 Å². The number of rotatable bonds is 7. The Hall–Kier alpha value is -2.80. The van der Waals surface area contributed by atoms with Crippen molar-refractivity contribution in [3.8, 4) is 5.75 Å². The fraction of sp³-hybridized carbons (Fsp3) is 0.158. The van der Waals surface area contributed by atoms with Crippen LogP contribution in [0.2, 0.25) is 0 Å². The van der Waals surface area contributed by atoms with Crippen LogP contribution in [0.15, 0.2) is 59.2 Å². The van der Waals surface area contributed by atoms with Gasteiger partial charge in [0.25, 0.3) is 5.91 Å². The number of hydrazine groups is 1. The van der Waals surface area contributed by atoms with E-state index in [1.54, 1.807) is 24.3 Å². The first-order chi connectivity index (χ1) is 12.4. The maximum absolute atomic E-state index is 12.2. The molecule has 26 heavy (non-hydrogen) atoms. The van der Waals surface area contributed by atoms with Crippen LogP contribution < -0.4 is 20.9 Å². The number of nitrogens with one attached hydrogen (secondary N) is 3. The maximum Gasteiger partial charge on any atom is 0.270 e. The SMILES string of the molecule is C=C(CC(=O)Nc1cc(C)ccc1OC)NNC(=O)c1ccccc1Br. The topological polar surface area (TPSA) is 79.5 Å². The third kappa shape index (κ3) is 5.35. The lowest BCUT2D eigenvalue weighted by Gasteiger charge is -2.13. The van der Waals surface area contributed by atoms with Crippen LogP contribution in [0.1, 0.15) is 22.3 Å². The largest absolute Gasteiger partial charge is 0.495 e. The number of methoxy groups -OCH3 is 1. The summed E-state index contributed by atoms with van der Waals surface area (Å²) in [5.74, 6) is -0.0364. The Kier molecular flexibility index (Phi) is 6.80. The zero-order valence-corrected chi connectivity index (χ0v) is 16.1. The summed E-state index contributed by atoms with van der Waals surface area (Å²) >= 11 is 3.31. The third-order valence-electron chi connectivity index (χ3n) is 3.47. The van der Waals surface area contributed by atoms with Crippen LogP contribution in [0.4, 0.5) is 5.69 Å². The number of hydrogen-bond acceptors (Lipinski definition) is 4. The molecule has 2 aromatic carbocycles. The van der Waals surface area contributed by atoms with Crippen molar-refractivity contribution in [2.24, 2.45) is 0 Å². The fourth-order valence-corrected chi connectivity index (χ4v) is 2.67. The number of carbonyl (C=O) groups is 2. The summed E-state index contributed by atoms with van der Waals surface area (Å²) < 4.78 is 5.91. The summed E-state index contributed by atoms with van der Waals surface area (Å²) in [5, 5.41) is 2.78. The van der Waals surface area contributed by atoms with Crippen molar-refractivity contribution in [2.75, 3.05) is 12.4 Å². The lowest BCUT2D eigenvalue weighted by molar-refractivity contribution is -0.115. The summed E-state index contributed by atoms with van der Waals surface area (Å²) in [7, 11) is 1.54. The molecule has 0 aromatic heterocycles. The molecule has 2 amide bonds. The standard InChI is InChI=1S/C19H20BrN3O3/c1-12-8-9-17(26-3)16(10-12)21-18(24)11-13(2)22-23-19(25)14-6-4-5-7-15(14)20/h4-10,22H,2,11H2,1,3H3,(H,21,24)(H,23,25). The number of carbonyl (C=O) groups excluding carboxylic acids is 2. The second-order valence-corrected chi connectivity index (χ2v) is 6.45. The number of aryl methyl sites for hydroxylation is 1. The number of amides is 2. The summed E-state index contributed by atoms with van der Waals surface area (Å²) in [6.45, 7) is 5.68. The first kappa shape index (κ1) is 19.5. The summed E-state index contributed by atoms with van der Waals surface area (Å²) in [4.78, 5) is 24.3. The summed E-state index contributed by atoms with van der Waals surface area (Å²) in [6, 6.07) is 12.5. The molecule has 2 aromatic rings. The van der Waals surface area contributed by atoms with Crippen molar-refractivity contribution in [2.45, 2.75) is 13.3 Å². The van der Waals surface area contributed by atoms with E-state index in [4.69, 9.17) is 4.74 Å². The molecule has 136 valence electrons. The highest BCUT2D eigenvalue weighted by atomic mass is 79.9. The van der Waals surface area contributed by atoms with Gasteiger partial charge < -0.3 is 15.5 Å². The molecule has 0 radical (unpaired) electrons. The Balaban J connectivity index is 1.88. The molecule has 0 aliphatic rings. The molecular formula is C19H20BrN3O3. The van der Waals surface area contributed by atoms with Gasteiger partial charge in [-0.2, -0.15) is 0 Å². The van der Waals surface area contributed by atoms with Gasteiger partial charge in [0, 0.05) is 10.2 Å². The van der Waals surface area contributed by atoms with Crippen LogP contribution >= 0.6 is 15.9 Å². The van der Waals surface area contributed by atoms with Crippen LogP contribution in [-0.4, -0.2) is 18.9 Å². The summed E-state index contributed by atoms with van der Waals surface area (Å²) in [5.41, 5.74) is 7.59. The minimum atomic E-state index is -0.334. The van der Waals surface area contributed by atoms with Gasteiger partial charge in [-0.1, -0.05) is 24.8 Å². The second-order valence-electron chi connectivity index (χ2n) is 5.59. The zero-order valence-electron chi connectivity index (χ0n) is 14.6. The Labute approximate surface area is 160 Å². The van der Waals surface area contributed by atoms with E-state index in [0.29, 0.717) is 27.2 Å². The third-order valence-corrected chi connectivity index (χ3v) is 4.17. The van der Waals surface area contributed by atoms with E-state index in [-0.39, 0.29) is 18.2 Å². The Morgan fingerprint density at radius 1 is 1.15 bits per heavy atom. The van der Waals surface area contributed by atoms with Crippen molar-refractivity contribution in [3.05, 3.63) is 70.3 Å². The van der Waals surface area contributed by atoms with Crippen LogP contribution in [0.3, 0.4) is 0 Å². The molecule has 0 aliphatic heterocycles. The molecule has 0 heterocycles. The van der Waals surface area contributed by atoms with Gasteiger partial charge in [-0.05, 0) is 52.7 Å². The van der Waals surface area contributed by atoms with Crippen LogP contribution in [-0.2, 0) is 4.79 Å². The number of ether oxygens (including phenoxy) is 1. The highest BCUT2D eigenvalue weighted by Crippen LogP contribution is 2.25. The zero-order chi connectivity index (χ0) is 19.1. The molecule has 0 saturated heterocycles. The molecule has 0 fully saturated rings. The van der Waals surface area contributed by atoms with Gasteiger partial charge in [0.15, 0.2) is 0 Å². The number of benzene rings is 2. The fourth-order valence-electron chi connectivity index (χ4n) is 2.21. The molecule has 6 nitrogen and oxygen atoms in total. The first-order valence-corrected chi connectivity index (χ1v) is 8.63. The molecule has 2 rings (SSSR count). The molecule has 0 aliphatic carbocycles. The lowest BCUT2D eigenvalue weighted by atomic mass is 10.2. The van der Waals surface area contributed by atoms with Crippen LogP contribution in [0.25, 0.3) is 0 Å². The van der Waals surface area contributed by atoms with Gasteiger partial charge in [0.1, 0.15) is 5.75 Å². The van der Waals surface area contributed by atoms with Crippen LogP contribution in [0, 0.1) is 6.92 Å². The Morgan fingerprint density at radius 3 is 2.58 bits per heavy atom. The van der Waals surface area contributed by atoms with Gasteiger partial charge in [-0.15, -0.1) is 0 Å². The molecule has 0 atom stereocenters. The van der Waals surface area contributed by atoms with E-state index in [9.17, 15) is 9.59 Å². The van der Waals surface area contributed by atoms with E-state index in [1.807, 2.05) is 25.1 Å². The number of halogens is 1. The molecule has 7 heteroatoms. The molecular weight excluding hydrogens is 398 g/mol. The van der Waals surface area contributed by atoms with E-state index in [0.717, 1.165) is 5.56 Å². The maximum atomic E-state index is 12.2. The van der Waals surface area contributed by atoms with E-state index in [1.165, 1.54) is 7.11 Å². The lowest BCUT2D eigenvalue weighted by Crippen LogP contribution is -2.37. The van der Waals surface area contributed by atoms with Gasteiger partial charge in [-0.25, -0.2) is 0 Å². The predicted molar refractivity (Wildman–Crippen MR) is 105 cm³/mol. The normalized spacial score (nSPS) is 9.96. The molecule has 0 spiro atoms. The second kappa shape index (κ2) is 9.05. The van der Waals surface area contributed by atoms with Crippen molar-refractivity contribution in [1.29, 1.82) is 0 Å². The minimum Gasteiger partial charge on any atom is -0.495 e. The molecule has 0 saturated carbocycles.